The summed E-state index contributed by atoms with van der Waals surface area (Å²) in [5.74, 6) is -2.15. The maximum atomic E-state index is 12.1. The van der Waals surface area contributed by atoms with Gasteiger partial charge in [-0.15, -0.1) is 0 Å². The third-order valence-electron chi connectivity index (χ3n) is 5.00. The lowest BCUT2D eigenvalue weighted by Gasteiger charge is -2.24. The van der Waals surface area contributed by atoms with Gasteiger partial charge in [-0.1, -0.05) is 35.3 Å². The van der Waals surface area contributed by atoms with E-state index in [1.807, 2.05) is 6.07 Å². The second-order valence-electron chi connectivity index (χ2n) is 6.98. The highest BCUT2D eigenvalue weighted by Gasteiger charge is 2.29. The molecule has 0 fully saturated rings. The first kappa shape index (κ1) is 23.8. The summed E-state index contributed by atoms with van der Waals surface area (Å²) in [7, 11) is 3.01. The molecule has 0 aromatic heterocycles. The fraction of sp³-hybridized carbons (Fsp3) is 0.364. The number of aliphatic carboxylic acids is 2. The molecule has 6 nitrogen and oxygen atoms in total. The van der Waals surface area contributed by atoms with Gasteiger partial charge in [-0.3, -0.25) is 9.59 Å². The molecule has 0 bridgehead atoms. The van der Waals surface area contributed by atoms with Crippen LogP contribution in [0, 0.1) is 11.8 Å². The first-order valence-corrected chi connectivity index (χ1v) is 10.1. The number of benzene rings is 2. The molecule has 2 aromatic rings. The molecule has 0 radical (unpaired) electrons. The Hall–Kier alpha value is -2.44. The Kier molecular flexibility index (Phi) is 8.81. The van der Waals surface area contributed by atoms with Gasteiger partial charge in [-0.05, 0) is 60.6 Å². The number of hydrogen-bond acceptors (Lipinski definition) is 4. The largest absolute Gasteiger partial charge is 0.495 e. The summed E-state index contributed by atoms with van der Waals surface area (Å²) in [6, 6.07) is 10.4. The quantitative estimate of drug-likeness (QED) is 0.497. The molecule has 162 valence electrons. The third-order valence-corrected chi connectivity index (χ3v) is 5.59. The van der Waals surface area contributed by atoms with E-state index in [0.717, 1.165) is 11.1 Å². The van der Waals surface area contributed by atoms with Gasteiger partial charge in [0.1, 0.15) is 11.5 Å². The highest BCUT2D eigenvalue weighted by molar-refractivity contribution is 6.32. The molecule has 2 rings (SSSR count). The number of carboxylic acids is 2. The fourth-order valence-corrected chi connectivity index (χ4v) is 4.00. The van der Waals surface area contributed by atoms with Gasteiger partial charge in [0.2, 0.25) is 0 Å². The van der Waals surface area contributed by atoms with E-state index in [1.54, 1.807) is 30.3 Å². The van der Waals surface area contributed by atoms with Gasteiger partial charge in [0.05, 0.1) is 30.2 Å². The average Bonchev–Trinajstić information content (AvgIpc) is 2.69. The molecule has 0 heterocycles. The zero-order valence-electron chi connectivity index (χ0n) is 16.7. The molecule has 0 aliphatic rings. The van der Waals surface area contributed by atoms with Crippen molar-refractivity contribution in [3.63, 3.8) is 0 Å². The molecule has 30 heavy (non-hydrogen) atoms. The van der Waals surface area contributed by atoms with Gasteiger partial charge in [0.25, 0.3) is 0 Å². The molecular weight excluding hydrogens is 431 g/mol. The molecule has 0 aliphatic heterocycles. The zero-order valence-corrected chi connectivity index (χ0v) is 18.2. The van der Waals surface area contributed by atoms with Gasteiger partial charge in [0.15, 0.2) is 0 Å². The summed E-state index contributed by atoms with van der Waals surface area (Å²) < 4.78 is 10.3. The summed E-state index contributed by atoms with van der Waals surface area (Å²) >= 11 is 12.4. The molecule has 2 N–H and O–H groups in total. The van der Waals surface area contributed by atoms with Crippen molar-refractivity contribution in [3.8, 4) is 11.5 Å². The van der Waals surface area contributed by atoms with Crippen molar-refractivity contribution in [2.45, 2.75) is 25.7 Å². The number of ether oxygens (including phenoxy) is 2. The van der Waals surface area contributed by atoms with E-state index in [0.29, 0.717) is 28.0 Å². The maximum Gasteiger partial charge on any atom is 0.307 e. The minimum atomic E-state index is -0.989. The number of carbonyl (C=O) groups is 2. The minimum absolute atomic E-state index is 0.123. The Balaban J connectivity index is 2.30. The summed E-state index contributed by atoms with van der Waals surface area (Å²) in [6.45, 7) is 0. The Morgan fingerprint density at radius 1 is 0.900 bits per heavy atom. The lowest BCUT2D eigenvalue weighted by molar-refractivity contribution is -0.145. The van der Waals surface area contributed by atoms with Crippen molar-refractivity contribution in [2.24, 2.45) is 11.8 Å². The third kappa shape index (κ3) is 6.54. The molecule has 2 atom stereocenters. The highest BCUT2D eigenvalue weighted by Crippen LogP contribution is 2.32. The number of carboxylic acid groups (broad SMARTS) is 2. The van der Waals surface area contributed by atoms with Crippen LogP contribution in [0.5, 0.6) is 11.5 Å². The Morgan fingerprint density at radius 3 is 1.80 bits per heavy atom. The summed E-state index contributed by atoms with van der Waals surface area (Å²) in [5.41, 5.74) is 1.55. The van der Waals surface area contributed by atoms with Gasteiger partial charge >= 0.3 is 11.9 Å². The Morgan fingerprint density at radius 2 is 1.40 bits per heavy atom. The first-order valence-electron chi connectivity index (χ1n) is 9.34. The van der Waals surface area contributed by atoms with Crippen molar-refractivity contribution in [2.75, 3.05) is 14.2 Å². The number of rotatable bonds is 11. The minimum Gasteiger partial charge on any atom is -0.495 e. The summed E-state index contributed by atoms with van der Waals surface area (Å²) in [6.07, 6.45) is 0.687. The standard InChI is InChI=1S/C22H24Cl2O6/c1-29-19-6-3-13(11-17(19)23)9-15(5-8-21(25)26)16(22(27)28)10-14-4-7-20(30-2)18(24)12-14/h3-4,6-7,11-12,15-16H,5,8-10H2,1-2H3,(H,25,26)(H,27,28)/t15-,16-/m1/s1. The molecule has 0 unspecified atom stereocenters. The molecule has 8 heteroatoms. The van der Waals surface area contributed by atoms with Crippen molar-refractivity contribution in [1.29, 1.82) is 0 Å². The molecule has 0 amide bonds. The molecule has 0 saturated heterocycles. The summed E-state index contributed by atoms with van der Waals surface area (Å²) in [5, 5.41) is 19.8. The van der Waals surface area contributed by atoms with E-state index in [4.69, 9.17) is 37.8 Å². The van der Waals surface area contributed by atoms with Crippen molar-refractivity contribution in [1.82, 2.24) is 0 Å². The maximum absolute atomic E-state index is 12.1. The monoisotopic (exact) mass is 454 g/mol. The van der Waals surface area contributed by atoms with Crippen molar-refractivity contribution < 1.29 is 29.3 Å². The van der Waals surface area contributed by atoms with Gasteiger partial charge in [-0.2, -0.15) is 0 Å². The first-order chi connectivity index (χ1) is 14.2. The second kappa shape index (κ2) is 11.1. The lowest BCUT2D eigenvalue weighted by atomic mass is 9.80. The van der Waals surface area contributed by atoms with Gasteiger partial charge in [-0.25, -0.2) is 0 Å². The lowest BCUT2D eigenvalue weighted by Crippen LogP contribution is -2.28. The van der Waals surface area contributed by atoms with Crippen molar-refractivity contribution in [3.05, 3.63) is 57.6 Å². The van der Waals surface area contributed by atoms with E-state index in [1.165, 1.54) is 14.2 Å². The van der Waals surface area contributed by atoms with Crippen LogP contribution in [-0.4, -0.2) is 36.4 Å². The predicted molar refractivity (Wildman–Crippen MR) is 115 cm³/mol. The van der Waals surface area contributed by atoms with Crippen LogP contribution in [0.3, 0.4) is 0 Å². The molecule has 0 saturated carbocycles. The van der Waals surface area contributed by atoms with Crippen LogP contribution >= 0.6 is 23.2 Å². The Labute approximate surface area is 185 Å². The summed E-state index contributed by atoms with van der Waals surface area (Å²) in [4.78, 5) is 23.2. The molecule has 0 aliphatic carbocycles. The fourth-order valence-electron chi connectivity index (χ4n) is 3.44. The predicted octanol–water partition coefficient (Wildman–Crippen LogP) is 4.98. The van der Waals surface area contributed by atoms with E-state index in [-0.39, 0.29) is 19.3 Å². The van der Waals surface area contributed by atoms with Crippen LogP contribution in [0.1, 0.15) is 24.0 Å². The number of methoxy groups -OCH3 is 2. The van der Waals surface area contributed by atoms with E-state index in [2.05, 4.69) is 0 Å². The average molecular weight is 455 g/mol. The van der Waals surface area contributed by atoms with Crippen LogP contribution in [-0.2, 0) is 22.4 Å². The van der Waals surface area contributed by atoms with E-state index < -0.39 is 23.8 Å². The van der Waals surface area contributed by atoms with E-state index in [9.17, 15) is 14.7 Å². The highest BCUT2D eigenvalue weighted by atomic mass is 35.5. The normalized spacial score (nSPS) is 12.8. The van der Waals surface area contributed by atoms with Gasteiger partial charge in [0, 0.05) is 6.42 Å². The molecule has 2 aromatic carbocycles. The number of hydrogen-bond donors (Lipinski definition) is 2. The van der Waals surface area contributed by atoms with Gasteiger partial charge < -0.3 is 19.7 Å². The molecular formula is C22H24Cl2O6. The second-order valence-corrected chi connectivity index (χ2v) is 7.80. The SMILES string of the molecule is COc1ccc(C[C@@H](CCC(=O)O)[C@@H](Cc2ccc(OC)c(Cl)c2)C(=O)O)cc1Cl. The topological polar surface area (TPSA) is 93.1 Å². The van der Waals surface area contributed by atoms with Crippen LogP contribution < -0.4 is 9.47 Å². The zero-order chi connectivity index (χ0) is 22.3. The van der Waals surface area contributed by atoms with E-state index >= 15 is 0 Å². The van der Waals surface area contributed by atoms with Crippen LogP contribution in [0.25, 0.3) is 0 Å². The van der Waals surface area contributed by atoms with Crippen molar-refractivity contribution >= 4 is 35.1 Å². The van der Waals surface area contributed by atoms with Crippen LogP contribution in [0.4, 0.5) is 0 Å². The smallest absolute Gasteiger partial charge is 0.307 e. The Bertz CT molecular complexity index is 899. The van der Waals surface area contributed by atoms with Crippen LogP contribution in [0.15, 0.2) is 36.4 Å². The molecule has 0 spiro atoms. The van der Waals surface area contributed by atoms with Crippen LogP contribution in [0.2, 0.25) is 10.0 Å². The number of halogens is 2.